The van der Waals surface area contributed by atoms with Crippen LogP contribution in [-0.4, -0.2) is 11.1 Å². The highest BCUT2D eigenvalue weighted by molar-refractivity contribution is 6.37. The van der Waals surface area contributed by atoms with Crippen molar-refractivity contribution in [3.05, 3.63) is 33.9 Å². The van der Waals surface area contributed by atoms with Gasteiger partial charge in [0.25, 0.3) is 0 Å². The van der Waals surface area contributed by atoms with E-state index in [0.29, 0.717) is 10.6 Å². The lowest BCUT2D eigenvalue weighted by atomic mass is 10.1. The summed E-state index contributed by atoms with van der Waals surface area (Å²) in [5.74, 6) is -1.11. The van der Waals surface area contributed by atoms with Crippen molar-refractivity contribution in [2.75, 3.05) is 0 Å². The van der Waals surface area contributed by atoms with Gasteiger partial charge >= 0.3 is 5.97 Å². The minimum absolute atomic E-state index is 0.0424. The van der Waals surface area contributed by atoms with Crippen LogP contribution >= 0.6 is 23.2 Å². The third-order valence-corrected chi connectivity index (χ3v) is 2.29. The van der Waals surface area contributed by atoms with E-state index in [0.717, 1.165) is 0 Å². The second-order valence-corrected chi connectivity index (χ2v) is 3.34. The average Bonchev–Trinajstić information content (AvgIpc) is 2.03. The van der Waals surface area contributed by atoms with Gasteiger partial charge in [-0.05, 0) is 19.4 Å². The summed E-state index contributed by atoms with van der Waals surface area (Å²) in [5, 5.41) is 9.28. The number of carboxylic acid groups (broad SMARTS) is 1. The molecule has 0 rings (SSSR count). The van der Waals surface area contributed by atoms with Crippen molar-refractivity contribution in [3.63, 3.8) is 0 Å². The van der Waals surface area contributed by atoms with Crippen LogP contribution in [0.2, 0.25) is 0 Å². The van der Waals surface area contributed by atoms with E-state index in [4.69, 9.17) is 28.3 Å². The first-order valence-electron chi connectivity index (χ1n) is 3.50. The van der Waals surface area contributed by atoms with E-state index in [-0.39, 0.29) is 10.6 Å². The van der Waals surface area contributed by atoms with Crippen LogP contribution in [-0.2, 0) is 4.79 Å². The number of hydrogen-bond acceptors (Lipinski definition) is 1. The summed E-state index contributed by atoms with van der Waals surface area (Å²) in [6.07, 6.45) is 1.19. The fourth-order valence-electron chi connectivity index (χ4n) is 0.624. The Balaban J connectivity index is 5.34. The van der Waals surface area contributed by atoms with E-state index in [9.17, 15) is 4.79 Å². The number of carboxylic acids is 1. The zero-order valence-electron chi connectivity index (χ0n) is 7.40. The third kappa shape index (κ3) is 3.25. The van der Waals surface area contributed by atoms with Crippen LogP contribution in [0.25, 0.3) is 0 Å². The van der Waals surface area contributed by atoms with Gasteiger partial charge in [0.15, 0.2) is 0 Å². The minimum atomic E-state index is -1.11. The topological polar surface area (TPSA) is 37.3 Å². The first-order valence-corrected chi connectivity index (χ1v) is 4.26. The maximum absolute atomic E-state index is 10.6. The van der Waals surface area contributed by atoms with Crippen LogP contribution in [0.1, 0.15) is 13.8 Å². The molecule has 4 heteroatoms. The zero-order chi connectivity index (χ0) is 10.6. The highest BCUT2D eigenvalue weighted by atomic mass is 35.5. The summed E-state index contributed by atoms with van der Waals surface area (Å²) in [5.41, 5.74) is 0.500. The van der Waals surface area contributed by atoms with Crippen molar-refractivity contribution in [3.8, 4) is 0 Å². The molecule has 0 radical (unpaired) electrons. The van der Waals surface area contributed by atoms with Gasteiger partial charge in [0.2, 0.25) is 0 Å². The number of carbonyl (C=O) groups is 1. The average molecular weight is 221 g/mol. The lowest BCUT2D eigenvalue weighted by molar-refractivity contribution is -0.132. The molecule has 13 heavy (non-hydrogen) atoms. The van der Waals surface area contributed by atoms with Gasteiger partial charge in [-0.1, -0.05) is 35.9 Å². The molecule has 0 aromatic heterocycles. The van der Waals surface area contributed by atoms with Gasteiger partial charge in [0.1, 0.15) is 0 Å². The minimum Gasteiger partial charge on any atom is -0.478 e. The Bertz CT molecular complexity index is 297. The van der Waals surface area contributed by atoms with Crippen LogP contribution < -0.4 is 0 Å². The first kappa shape index (κ1) is 12.3. The Morgan fingerprint density at radius 1 is 1.38 bits per heavy atom. The summed E-state index contributed by atoms with van der Waals surface area (Å²) < 4.78 is 0. The molecule has 0 atom stereocenters. The normalized spacial score (nSPS) is 14.5. The van der Waals surface area contributed by atoms with E-state index in [1.54, 1.807) is 13.8 Å². The van der Waals surface area contributed by atoms with E-state index >= 15 is 0 Å². The van der Waals surface area contributed by atoms with E-state index in [1.165, 1.54) is 6.08 Å². The van der Waals surface area contributed by atoms with Gasteiger partial charge in [-0.3, -0.25) is 0 Å². The molecule has 0 aromatic rings. The molecule has 1 N–H and O–H groups in total. The number of aliphatic carboxylic acids is 1. The lowest BCUT2D eigenvalue weighted by Gasteiger charge is -2.03. The van der Waals surface area contributed by atoms with Crippen molar-refractivity contribution in [2.24, 2.45) is 0 Å². The van der Waals surface area contributed by atoms with Crippen molar-refractivity contribution >= 4 is 29.2 Å². The quantitative estimate of drug-likeness (QED) is 0.586. The van der Waals surface area contributed by atoms with Gasteiger partial charge in [-0.2, -0.15) is 0 Å². The Labute approximate surface area is 87.2 Å². The van der Waals surface area contributed by atoms with Gasteiger partial charge in [0, 0.05) is 5.03 Å². The van der Waals surface area contributed by atoms with E-state index in [2.05, 4.69) is 6.58 Å². The largest absolute Gasteiger partial charge is 0.478 e. The summed E-state index contributed by atoms with van der Waals surface area (Å²) in [6.45, 7) is 6.65. The second-order valence-electron chi connectivity index (χ2n) is 2.40. The lowest BCUT2D eigenvalue weighted by Crippen LogP contribution is -2.00. The van der Waals surface area contributed by atoms with Crippen LogP contribution in [0.15, 0.2) is 33.9 Å². The molecule has 0 fully saturated rings. The Morgan fingerprint density at radius 2 is 1.85 bits per heavy atom. The van der Waals surface area contributed by atoms with Gasteiger partial charge in [0.05, 0.1) is 10.6 Å². The third-order valence-electron chi connectivity index (χ3n) is 1.52. The molecule has 0 amide bonds. The Morgan fingerprint density at radius 3 is 2.08 bits per heavy atom. The molecule has 0 aliphatic carbocycles. The van der Waals surface area contributed by atoms with Crippen molar-refractivity contribution in [2.45, 2.75) is 13.8 Å². The standard InChI is InChI=1S/C9H10Cl2O2/c1-4-7(9(12)13)8(11)5(2)6(3)10/h4H,1H2,2-3H3,(H,12,13)/b6-5+,8-7-. The van der Waals surface area contributed by atoms with Gasteiger partial charge in [-0.25, -0.2) is 4.79 Å². The number of halogens is 2. The van der Waals surface area contributed by atoms with Crippen LogP contribution in [0.5, 0.6) is 0 Å². The van der Waals surface area contributed by atoms with Crippen molar-refractivity contribution < 1.29 is 9.90 Å². The van der Waals surface area contributed by atoms with Crippen LogP contribution in [0.4, 0.5) is 0 Å². The molecule has 72 valence electrons. The Hall–Kier alpha value is -0.730. The highest BCUT2D eigenvalue weighted by Crippen LogP contribution is 2.24. The molecule has 0 unspecified atom stereocenters. The second kappa shape index (κ2) is 5.10. The smallest absolute Gasteiger partial charge is 0.337 e. The predicted molar refractivity (Wildman–Crippen MR) is 54.9 cm³/mol. The van der Waals surface area contributed by atoms with Crippen molar-refractivity contribution in [1.82, 2.24) is 0 Å². The zero-order valence-corrected chi connectivity index (χ0v) is 8.91. The molecule has 0 heterocycles. The summed E-state index contributed by atoms with van der Waals surface area (Å²) in [7, 11) is 0. The molecular weight excluding hydrogens is 211 g/mol. The summed E-state index contributed by atoms with van der Waals surface area (Å²) in [6, 6.07) is 0. The van der Waals surface area contributed by atoms with E-state index in [1.807, 2.05) is 0 Å². The van der Waals surface area contributed by atoms with Crippen LogP contribution in [0, 0.1) is 0 Å². The number of hydrogen-bond donors (Lipinski definition) is 1. The molecule has 0 saturated carbocycles. The van der Waals surface area contributed by atoms with Crippen LogP contribution in [0.3, 0.4) is 0 Å². The predicted octanol–water partition coefficient (Wildman–Crippen LogP) is 3.28. The fraction of sp³-hybridized carbons (Fsp3) is 0.222. The van der Waals surface area contributed by atoms with Gasteiger partial charge in [-0.15, -0.1) is 0 Å². The SMILES string of the molecule is C=C/C(C(=O)O)=C(Cl)\C(C)=C(/C)Cl. The molecule has 0 spiro atoms. The number of rotatable bonds is 3. The highest BCUT2D eigenvalue weighted by Gasteiger charge is 2.11. The molecular formula is C9H10Cl2O2. The number of allylic oxidation sites excluding steroid dienone is 3. The first-order chi connectivity index (χ1) is 5.91. The van der Waals surface area contributed by atoms with E-state index < -0.39 is 5.97 Å². The summed E-state index contributed by atoms with van der Waals surface area (Å²) in [4.78, 5) is 10.6. The molecule has 0 bridgehead atoms. The fourth-order valence-corrected chi connectivity index (χ4v) is 1.07. The maximum Gasteiger partial charge on any atom is 0.337 e. The molecule has 0 aliphatic rings. The molecule has 2 nitrogen and oxygen atoms in total. The van der Waals surface area contributed by atoms with Gasteiger partial charge < -0.3 is 5.11 Å². The molecule has 0 aliphatic heterocycles. The molecule has 0 aromatic carbocycles. The van der Waals surface area contributed by atoms with Crippen molar-refractivity contribution in [1.29, 1.82) is 0 Å². The maximum atomic E-state index is 10.6. The summed E-state index contributed by atoms with van der Waals surface area (Å²) >= 11 is 11.4. The molecule has 0 saturated heterocycles. The Kier molecular flexibility index (Phi) is 4.81. The monoisotopic (exact) mass is 220 g/mol.